The van der Waals surface area contributed by atoms with Crippen molar-refractivity contribution in [1.29, 1.82) is 0 Å². The molecule has 1 fully saturated rings. The summed E-state index contributed by atoms with van der Waals surface area (Å²) in [4.78, 5) is 24.7. The molecule has 23 heavy (non-hydrogen) atoms. The van der Waals surface area contributed by atoms with E-state index in [1.54, 1.807) is 18.6 Å². The minimum atomic E-state index is -1.61. The topological polar surface area (TPSA) is 91.2 Å². The maximum absolute atomic E-state index is 14.8. The fourth-order valence-electron chi connectivity index (χ4n) is 2.64. The van der Waals surface area contributed by atoms with Gasteiger partial charge < -0.3 is 15.3 Å². The third kappa shape index (κ3) is 3.59. The number of carboxylic acid groups (broad SMARTS) is 1. The van der Waals surface area contributed by atoms with Gasteiger partial charge in [0.15, 0.2) is 0 Å². The first kappa shape index (κ1) is 16.1. The van der Waals surface area contributed by atoms with E-state index in [0.717, 1.165) is 19.4 Å². The first-order valence-corrected chi connectivity index (χ1v) is 8.22. The van der Waals surface area contributed by atoms with Crippen molar-refractivity contribution in [3.05, 3.63) is 22.2 Å². The number of hydrogen-bond donors (Lipinski definition) is 2. The number of aromatic nitrogens is 3. The first-order chi connectivity index (χ1) is 11.0. The predicted octanol–water partition coefficient (Wildman–Crippen LogP) is 2.52. The third-order valence-electron chi connectivity index (χ3n) is 3.81. The molecule has 0 spiro atoms. The summed E-state index contributed by atoms with van der Waals surface area (Å²) in [6.07, 6.45) is 4.74. The molecular weight excluding hydrogens is 416 g/mol. The fourth-order valence-corrected chi connectivity index (χ4v) is 3.23. The average molecular weight is 431 g/mol. The molecule has 0 aliphatic carbocycles. The maximum atomic E-state index is 14.8. The molecule has 1 saturated heterocycles. The van der Waals surface area contributed by atoms with Gasteiger partial charge in [0.2, 0.25) is 5.95 Å². The minimum Gasteiger partial charge on any atom is -0.465 e. The molecule has 3 heterocycles. The summed E-state index contributed by atoms with van der Waals surface area (Å²) in [5, 5.41) is 12.7. The molecule has 0 aromatic carbocycles. The van der Waals surface area contributed by atoms with Gasteiger partial charge in [-0.1, -0.05) is 0 Å². The van der Waals surface area contributed by atoms with Crippen molar-refractivity contribution in [1.82, 2.24) is 19.9 Å². The Balaban J connectivity index is 1.72. The number of pyridine rings is 1. The van der Waals surface area contributed by atoms with E-state index < -0.39 is 11.8 Å². The van der Waals surface area contributed by atoms with Crippen LogP contribution in [0.4, 0.5) is 15.1 Å². The summed E-state index contributed by atoms with van der Waals surface area (Å²) in [6.45, 7) is 0.215. The zero-order valence-electron chi connectivity index (χ0n) is 12.2. The number of likely N-dealkylation sites (tertiary alicyclic amines) is 1. The van der Waals surface area contributed by atoms with Gasteiger partial charge in [-0.3, -0.25) is 4.98 Å². The van der Waals surface area contributed by atoms with Crippen molar-refractivity contribution >= 4 is 45.5 Å². The highest BCUT2D eigenvalue weighted by atomic mass is 127. The van der Waals surface area contributed by atoms with E-state index in [9.17, 15) is 9.18 Å². The molecule has 0 saturated carbocycles. The fraction of sp³-hybridized carbons (Fsp3) is 0.429. The second kappa shape index (κ2) is 6.38. The second-order valence-corrected chi connectivity index (χ2v) is 6.73. The molecule has 0 bridgehead atoms. The molecule has 122 valence electrons. The lowest BCUT2D eigenvalue weighted by Gasteiger charge is -2.35. The zero-order valence-corrected chi connectivity index (χ0v) is 14.3. The number of carbonyl (C=O) groups is 1. The molecule has 2 N–H and O–H groups in total. The van der Waals surface area contributed by atoms with E-state index >= 15 is 0 Å². The number of nitrogens with one attached hydrogen (secondary N) is 1. The van der Waals surface area contributed by atoms with Crippen LogP contribution >= 0.6 is 22.6 Å². The van der Waals surface area contributed by atoms with Gasteiger partial charge in [-0.25, -0.2) is 19.2 Å². The van der Waals surface area contributed by atoms with Gasteiger partial charge in [0.05, 0.1) is 22.2 Å². The Morgan fingerprint density at radius 2 is 2.30 bits per heavy atom. The lowest BCUT2D eigenvalue weighted by molar-refractivity contribution is 0.0537. The average Bonchev–Trinajstić information content (AvgIpc) is 2.53. The maximum Gasteiger partial charge on any atom is 0.407 e. The Kier molecular flexibility index (Phi) is 4.46. The Morgan fingerprint density at radius 1 is 1.48 bits per heavy atom. The number of alkyl halides is 1. The normalized spacial score (nSPS) is 21.4. The number of nitrogens with zero attached hydrogens (tertiary/aromatic N) is 4. The van der Waals surface area contributed by atoms with Crippen LogP contribution in [0.2, 0.25) is 0 Å². The lowest BCUT2D eigenvalue weighted by atomic mass is 9.95. The van der Waals surface area contributed by atoms with Crippen molar-refractivity contribution < 1.29 is 14.3 Å². The summed E-state index contributed by atoms with van der Waals surface area (Å²) in [7, 11) is 0. The molecule has 1 unspecified atom stereocenters. The Morgan fingerprint density at radius 3 is 3.09 bits per heavy atom. The summed E-state index contributed by atoms with van der Waals surface area (Å²) in [6, 6.07) is 0. The van der Waals surface area contributed by atoms with Gasteiger partial charge in [0, 0.05) is 30.5 Å². The lowest BCUT2D eigenvalue weighted by Crippen LogP contribution is -2.50. The van der Waals surface area contributed by atoms with Crippen molar-refractivity contribution in [3.63, 3.8) is 0 Å². The Hall–Kier alpha value is -1.78. The highest BCUT2D eigenvalue weighted by molar-refractivity contribution is 14.1. The summed E-state index contributed by atoms with van der Waals surface area (Å²) >= 11 is 2.13. The van der Waals surface area contributed by atoms with Crippen LogP contribution in [0, 0.1) is 3.57 Å². The highest BCUT2D eigenvalue weighted by Gasteiger charge is 2.37. The molecule has 1 aliphatic heterocycles. The molecule has 9 heteroatoms. The van der Waals surface area contributed by atoms with Crippen LogP contribution in [0.1, 0.15) is 12.8 Å². The number of hydrogen-bond acceptors (Lipinski definition) is 5. The molecule has 2 aromatic rings. The smallest absolute Gasteiger partial charge is 0.407 e. The van der Waals surface area contributed by atoms with Crippen LogP contribution in [0.3, 0.4) is 0 Å². The largest absolute Gasteiger partial charge is 0.465 e. The van der Waals surface area contributed by atoms with Crippen LogP contribution in [0.25, 0.3) is 10.9 Å². The van der Waals surface area contributed by atoms with Crippen molar-refractivity contribution in [2.24, 2.45) is 0 Å². The van der Waals surface area contributed by atoms with Crippen LogP contribution < -0.4 is 5.32 Å². The molecule has 1 aliphatic rings. The van der Waals surface area contributed by atoms with Crippen molar-refractivity contribution in [2.75, 3.05) is 25.0 Å². The van der Waals surface area contributed by atoms with Crippen LogP contribution in [-0.4, -0.2) is 56.4 Å². The van der Waals surface area contributed by atoms with Gasteiger partial charge in [-0.2, -0.15) is 0 Å². The Labute approximate surface area is 145 Å². The van der Waals surface area contributed by atoms with E-state index in [1.165, 1.54) is 0 Å². The first-order valence-electron chi connectivity index (χ1n) is 7.14. The van der Waals surface area contributed by atoms with Gasteiger partial charge in [0.25, 0.3) is 0 Å². The monoisotopic (exact) mass is 431 g/mol. The van der Waals surface area contributed by atoms with Gasteiger partial charge >= 0.3 is 6.09 Å². The number of halogens is 2. The molecule has 1 atom stereocenters. The molecule has 0 radical (unpaired) electrons. The minimum absolute atomic E-state index is 0.0239. The molecule has 1 amide bonds. The van der Waals surface area contributed by atoms with Crippen LogP contribution in [0.15, 0.2) is 18.6 Å². The van der Waals surface area contributed by atoms with Crippen molar-refractivity contribution in [3.8, 4) is 0 Å². The van der Waals surface area contributed by atoms with Gasteiger partial charge in [0.1, 0.15) is 5.67 Å². The zero-order chi connectivity index (χ0) is 16.4. The van der Waals surface area contributed by atoms with Gasteiger partial charge in [-0.15, -0.1) is 0 Å². The number of fused-ring (bicyclic) bond motifs is 1. The Bertz CT molecular complexity index is 746. The van der Waals surface area contributed by atoms with E-state index in [2.05, 4.69) is 42.9 Å². The quantitative estimate of drug-likeness (QED) is 0.727. The number of amides is 1. The molecule has 7 nitrogen and oxygen atoms in total. The van der Waals surface area contributed by atoms with E-state index in [0.29, 0.717) is 25.3 Å². The predicted molar refractivity (Wildman–Crippen MR) is 91.2 cm³/mol. The molecular formula is C14H15FIN5O2. The molecule has 3 rings (SSSR count). The SMILES string of the molecule is O=C(O)N1CCCC(F)(CNc2ncc3cncc(I)c3n2)C1. The highest BCUT2D eigenvalue weighted by Crippen LogP contribution is 2.26. The van der Waals surface area contributed by atoms with Crippen molar-refractivity contribution in [2.45, 2.75) is 18.5 Å². The van der Waals surface area contributed by atoms with Crippen LogP contribution in [0.5, 0.6) is 0 Å². The number of rotatable bonds is 3. The summed E-state index contributed by atoms with van der Waals surface area (Å²) in [5.41, 5.74) is -0.859. The van der Waals surface area contributed by atoms with Crippen LogP contribution in [-0.2, 0) is 0 Å². The number of piperidine rings is 1. The number of anilines is 1. The molecule has 2 aromatic heterocycles. The third-order valence-corrected chi connectivity index (χ3v) is 4.60. The second-order valence-electron chi connectivity index (χ2n) is 5.56. The van der Waals surface area contributed by atoms with E-state index in [-0.39, 0.29) is 13.1 Å². The van der Waals surface area contributed by atoms with Gasteiger partial charge in [-0.05, 0) is 35.4 Å². The van der Waals surface area contributed by atoms with E-state index in [4.69, 9.17) is 5.11 Å². The standard InChI is InChI=1S/C14H15FIN5O2/c15-14(2-1-3-21(8-14)13(22)23)7-19-12-18-5-9-4-17-6-10(16)11(9)20-12/h4-6H,1-3,7-8H2,(H,22,23)(H,18,19,20). The summed E-state index contributed by atoms with van der Waals surface area (Å²) < 4.78 is 15.7. The van der Waals surface area contributed by atoms with E-state index in [1.807, 2.05) is 0 Å². The summed E-state index contributed by atoms with van der Waals surface area (Å²) in [5.74, 6) is 0.325.